The molecule has 0 fully saturated rings. The number of hydrogen-bond donors (Lipinski definition) is 2. The molecule has 0 saturated heterocycles. The van der Waals surface area contributed by atoms with Gasteiger partial charge in [-0.05, 0) is 43.2 Å². The first-order chi connectivity index (χ1) is 14.5. The zero-order valence-corrected chi connectivity index (χ0v) is 16.8. The van der Waals surface area contributed by atoms with Crippen LogP contribution in [0.25, 0.3) is 10.8 Å². The third-order valence-electron chi connectivity index (χ3n) is 5.06. The maximum atomic E-state index is 14.2. The summed E-state index contributed by atoms with van der Waals surface area (Å²) in [4.78, 5) is 25.3. The Balaban J connectivity index is 0.00000363. The fourth-order valence-electron chi connectivity index (χ4n) is 3.34. The van der Waals surface area contributed by atoms with E-state index < -0.39 is 35.9 Å². The van der Waals surface area contributed by atoms with E-state index in [4.69, 9.17) is 0 Å². The van der Waals surface area contributed by atoms with Gasteiger partial charge in [0, 0.05) is 17.0 Å². The molecule has 0 aliphatic heterocycles. The van der Waals surface area contributed by atoms with E-state index in [9.17, 15) is 32.3 Å². The number of aromatic nitrogens is 1. The summed E-state index contributed by atoms with van der Waals surface area (Å²) in [6, 6.07) is 7.16. The molecule has 5 nitrogen and oxygen atoms in total. The second-order valence-corrected chi connectivity index (χ2v) is 7.28. The van der Waals surface area contributed by atoms with Gasteiger partial charge in [0.15, 0.2) is 0 Å². The molecule has 3 rings (SSSR count). The van der Waals surface area contributed by atoms with Gasteiger partial charge in [-0.25, -0.2) is 4.39 Å². The Labute approximate surface area is 182 Å². The number of nitrogens with one attached hydrogen (secondary N) is 1. The van der Waals surface area contributed by atoms with Gasteiger partial charge in [-0.15, -0.1) is 0 Å². The minimum absolute atomic E-state index is 0. The van der Waals surface area contributed by atoms with Gasteiger partial charge in [0.25, 0.3) is 5.56 Å². The van der Waals surface area contributed by atoms with Gasteiger partial charge in [0.1, 0.15) is 5.82 Å². The quantitative estimate of drug-likeness (QED) is 0.545. The molecule has 2 aromatic carbocycles. The zero-order chi connectivity index (χ0) is 22.9. The second kappa shape index (κ2) is 9.52. The van der Waals surface area contributed by atoms with Gasteiger partial charge in [-0.3, -0.25) is 9.59 Å². The molecular formula is C23H24F4N2O3. The SMILES string of the molecule is C.Cc1ccc2c(=O)n([C@H](C)CO)ccc2c1NC(=O)Cc1cccc(C(F)(F)F)c1F. The van der Waals surface area contributed by atoms with Gasteiger partial charge in [-0.2, -0.15) is 13.2 Å². The Bertz CT molecular complexity index is 1200. The summed E-state index contributed by atoms with van der Waals surface area (Å²) in [6.45, 7) is 3.14. The molecule has 32 heavy (non-hydrogen) atoms. The number of hydrogen-bond acceptors (Lipinski definition) is 3. The Morgan fingerprint density at radius 3 is 2.47 bits per heavy atom. The first-order valence-corrected chi connectivity index (χ1v) is 9.44. The van der Waals surface area contributed by atoms with Crippen molar-refractivity contribution in [2.24, 2.45) is 0 Å². The van der Waals surface area contributed by atoms with Crippen LogP contribution < -0.4 is 10.9 Å². The van der Waals surface area contributed by atoms with E-state index >= 15 is 0 Å². The van der Waals surface area contributed by atoms with Crippen molar-refractivity contribution in [2.45, 2.75) is 39.9 Å². The number of anilines is 1. The summed E-state index contributed by atoms with van der Waals surface area (Å²) in [5.74, 6) is -2.21. The van der Waals surface area contributed by atoms with Crippen molar-refractivity contribution in [2.75, 3.05) is 11.9 Å². The molecule has 1 amide bonds. The maximum Gasteiger partial charge on any atom is 0.419 e. The Morgan fingerprint density at radius 1 is 1.16 bits per heavy atom. The van der Waals surface area contributed by atoms with E-state index in [2.05, 4.69) is 5.32 Å². The minimum atomic E-state index is -4.87. The van der Waals surface area contributed by atoms with Crippen LogP contribution in [0, 0.1) is 12.7 Å². The van der Waals surface area contributed by atoms with E-state index in [1.807, 2.05) is 0 Å². The number of aliphatic hydroxyl groups excluding tert-OH is 1. The van der Waals surface area contributed by atoms with E-state index in [0.717, 1.165) is 12.1 Å². The number of carbonyl (C=O) groups excluding carboxylic acids is 1. The summed E-state index contributed by atoms with van der Waals surface area (Å²) < 4.78 is 54.3. The van der Waals surface area contributed by atoms with Gasteiger partial charge >= 0.3 is 6.18 Å². The molecule has 1 atom stereocenters. The lowest BCUT2D eigenvalue weighted by Gasteiger charge is -2.16. The molecule has 2 N–H and O–H groups in total. The lowest BCUT2D eigenvalue weighted by molar-refractivity contribution is -0.140. The number of aliphatic hydroxyl groups is 1. The normalized spacial score (nSPS) is 12.3. The first kappa shape index (κ1) is 25.1. The van der Waals surface area contributed by atoms with Crippen LogP contribution in [-0.2, 0) is 17.4 Å². The molecule has 9 heteroatoms. The Hall–Kier alpha value is -3.20. The number of carbonyl (C=O) groups is 1. The lowest BCUT2D eigenvalue weighted by Crippen LogP contribution is -2.25. The molecule has 3 aromatic rings. The van der Waals surface area contributed by atoms with Crippen LogP contribution in [0.15, 0.2) is 47.4 Å². The fraction of sp³-hybridized carbons (Fsp3) is 0.304. The molecule has 172 valence electrons. The molecule has 0 radical (unpaired) electrons. The number of fused-ring (bicyclic) bond motifs is 1. The highest BCUT2D eigenvalue weighted by Crippen LogP contribution is 2.33. The molecule has 0 unspecified atom stereocenters. The van der Waals surface area contributed by atoms with Crippen molar-refractivity contribution in [1.29, 1.82) is 0 Å². The van der Waals surface area contributed by atoms with Gasteiger partial charge in [0.2, 0.25) is 5.91 Å². The van der Waals surface area contributed by atoms with Crippen molar-refractivity contribution in [3.63, 3.8) is 0 Å². The highest BCUT2D eigenvalue weighted by molar-refractivity contribution is 6.03. The molecular weight excluding hydrogens is 428 g/mol. The van der Waals surface area contributed by atoms with E-state index in [1.165, 1.54) is 10.8 Å². The second-order valence-electron chi connectivity index (χ2n) is 7.28. The largest absolute Gasteiger partial charge is 0.419 e. The van der Waals surface area contributed by atoms with Crippen LogP contribution in [0.3, 0.4) is 0 Å². The molecule has 0 aliphatic rings. The van der Waals surface area contributed by atoms with Gasteiger partial charge < -0.3 is 15.0 Å². The van der Waals surface area contributed by atoms with Crippen LogP contribution in [0.4, 0.5) is 23.2 Å². The maximum absolute atomic E-state index is 14.2. The molecule has 1 aromatic heterocycles. The van der Waals surface area contributed by atoms with Crippen molar-refractivity contribution in [3.8, 4) is 0 Å². The van der Waals surface area contributed by atoms with Crippen LogP contribution in [0.5, 0.6) is 0 Å². The van der Waals surface area contributed by atoms with Crippen LogP contribution in [-0.4, -0.2) is 22.2 Å². The average Bonchev–Trinajstić information content (AvgIpc) is 2.70. The topological polar surface area (TPSA) is 71.3 Å². The number of halogens is 4. The monoisotopic (exact) mass is 452 g/mol. The number of alkyl halides is 3. The zero-order valence-electron chi connectivity index (χ0n) is 16.8. The number of nitrogens with zero attached hydrogens (tertiary/aromatic N) is 1. The van der Waals surface area contributed by atoms with Crippen molar-refractivity contribution < 1.29 is 27.5 Å². The number of benzene rings is 2. The molecule has 0 spiro atoms. The molecule has 0 saturated carbocycles. The number of aryl methyl sites for hydroxylation is 1. The van der Waals surface area contributed by atoms with Crippen molar-refractivity contribution in [3.05, 3.63) is 75.5 Å². The Morgan fingerprint density at radius 2 is 1.84 bits per heavy atom. The minimum Gasteiger partial charge on any atom is -0.394 e. The van der Waals surface area contributed by atoms with E-state index in [0.29, 0.717) is 28.1 Å². The van der Waals surface area contributed by atoms with Crippen molar-refractivity contribution in [1.82, 2.24) is 4.57 Å². The number of pyridine rings is 1. The Kier molecular flexibility index (Phi) is 7.46. The van der Waals surface area contributed by atoms with Crippen LogP contribution in [0.1, 0.15) is 37.1 Å². The van der Waals surface area contributed by atoms with Crippen molar-refractivity contribution >= 4 is 22.4 Å². The summed E-state index contributed by atoms with van der Waals surface area (Å²) in [6.07, 6.45) is -3.98. The van der Waals surface area contributed by atoms with Gasteiger partial charge in [0.05, 0.1) is 30.3 Å². The van der Waals surface area contributed by atoms with Crippen LogP contribution in [0.2, 0.25) is 0 Å². The molecule has 0 aliphatic carbocycles. The van der Waals surface area contributed by atoms with Gasteiger partial charge in [-0.1, -0.05) is 25.6 Å². The third kappa shape index (κ3) is 4.83. The number of amides is 1. The molecule has 1 heterocycles. The first-order valence-electron chi connectivity index (χ1n) is 9.44. The fourth-order valence-corrected chi connectivity index (χ4v) is 3.34. The highest BCUT2D eigenvalue weighted by atomic mass is 19.4. The highest BCUT2D eigenvalue weighted by Gasteiger charge is 2.35. The predicted octanol–water partition coefficient (Wildman–Crippen LogP) is 4.84. The molecule has 0 bridgehead atoms. The summed E-state index contributed by atoms with van der Waals surface area (Å²) in [5.41, 5.74) is -1.24. The average molecular weight is 452 g/mol. The predicted molar refractivity (Wildman–Crippen MR) is 115 cm³/mol. The summed E-state index contributed by atoms with van der Waals surface area (Å²) >= 11 is 0. The smallest absolute Gasteiger partial charge is 0.394 e. The van der Waals surface area contributed by atoms with E-state index in [1.54, 1.807) is 32.0 Å². The summed E-state index contributed by atoms with van der Waals surface area (Å²) in [5, 5.41) is 12.6. The standard InChI is InChI=1S/C22H20F4N2O3.CH4/c1-12-6-7-16-15(8-9-28(21(16)31)13(2)11-29)20(12)27-18(30)10-14-4-3-5-17(19(14)23)22(24,25)26;/h3-9,13,29H,10-11H2,1-2H3,(H,27,30);1H4/t13-;/m1./s1. The lowest BCUT2D eigenvalue weighted by atomic mass is 10.0. The van der Waals surface area contributed by atoms with Crippen LogP contribution >= 0.6 is 0 Å². The van der Waals surface area contributed by atoms with E-state index in [-0.39, 0.29) is 25.2 Å². The third-order valence-corrected chi connectivity index (χ3v) is 5.06. The summed E-state index contributed by atoms with van der Waals surface area (Å²) in [7, 11) is 0. The number of rotatable bonds is 5.